The van der Waals surface area contributed by atoms with Crippen molar-refractivity contribution >= 4 is 23.9 Å². The molecule has 2 saturated carbocycles. The predicted octanol–water partition coefficient (Wildman–Crippen LogP) is 10.5. The summed E-state index contributed by atoms with van der Waals surface area (Å²) in [5, 5.41) is 19.6. The van der Waals surface area contributed by atoms with E-state index >= 15 is 0 Å². The summed E-state index contributed by atoms with van der Waals surface area (Å²) in [6.07, 6.45) is -7.36. The highest BCUT2D eigenvalue weighted by molar-refractivity contribution is 5.84. The second kappa shape index (κ2) is 23.0. The summed E-state index contributed by atoms with van der Waals surface area (Å²) in [4.78, 5) is 63.7. The number of rotatable bonds is 12. The third-order valence-electron chi connectivity index (χ3n) is 14.2. The lowest BCUT2D eigenvalue weighted by atomic mass is 9.87. The topological polar surface area (TPSA) is 219 Å². The van der Waals surface area contributed by atoms with Crippen molar-refractivity contribution in [3.8, 4) is 33.8 Å². The number of carbonyl (C=O) groups excluding carboxylic acids is 4. The summed E-state index contributed by atoms with van der Waals surface area (Å²) in [7, 11) is 0. The molecule has 4 atom stereocenters. The zero-order valence-electron chi connectivity index (χ0n) is 46.5. The highest BCUT2D eigenvalue weighted by Crippen LogP contribution is 2.48. The van der Waals surface area contributed by atoms with Gasteiger partial charge in [0, 0.05) is 50.3 Å². The molecule has 10 rings (SSSR count). The molecule has 6 amide bonds. The Kier molecular flexibility index (Phi) is 16.4. The van der Waals surface area contributed by atoms with Crippen LogP contribution in [0.1, 0.15) is 123 Å². The van der Waals surface area contributed by atoms with Gasteiger partial charge in [-0.25, -0.2) is 9.59 Å². The van der Waals surface area contributed by atoms with Gasteiger partial charge < -0.3 is 49.6 Å². The molecule has 2 aromatic heterocycles. The third kappa shape index (κ3) is 14.8. The van der Waals surface area contributed by atoms with Crippen LogP contribution >= 0.6 is 0 Å². The SMILES string of the molecule is Cc1noc(C2CC2C(=O)NCc2ccc(-c3cccc(OC(F)(F)F)c3)c3c2CN(C(=O)NC(C)(C)C)CC3)n1.Cc1noc([C@H]2CC2C(=O)NCc2ccc(-c3cccc(OC(F)(F)F)c3)c3c2CN(C(=O)NC(C)(C)C)CC3)n1. The van der Waals surface area contributed by atoms with Crippen LogP contribution in [0.2, 0.25) is 0 Å². The Labute approximate surface area is 469 Å². The Bertz CT molecular complexity index is 3150. The fraction of sp³-hybridized carbons (Fsp3) is 0.448. The molecule has 0 spiro atoms. The average molecular weight is 1140 g/mol. The smallest absolute Gasteiger partial charge is 0.406 e. The van der Waals surface area contributed by atoms with E-state index in [1.807, 2.05) is 65.8 Å². The second-order valence-electron chi connectivity index (χ2n) is 23.0. The fourth-order valence-corrected chi connectivity index (χ4v) is 10.3. The van der Waals surface area contributed by atoms with E-state index in [-0.39, 0.29) is 72.1 Å². The molecule has 4 N–H and O–H groups in total. The molecule has 4 heterocycles. The highest BCUT2D eigenvalue weighted by atomic mass is 19.4. The van der Waals surface area contributed by atoms with Gasteiger partial charge in [0.1, 0.15) is 11.5 Å². The van der Waals surface area contributed by atoms with Gasteiger partial charge in [-0.3, -0.25) is 9.59 Å². The molecular weight excluding hydrogens is 1080 g/mol. The lowest BCUT2D eigenvalue weighted by molar-refractivity contribution is -0.275. The largest absolute Gasteiger partial charge is 0.573 e. The number of benzene rings is 4. The standard InChI is InChI=1S/2C29H32F3N5O4/c2*1-16-34-26(41-36-16)23-13-22(23)25(38)33-14-18-8-9-20(17-6-5-7-19(12-17)40-29(30,31)32)21-10-11-37(15-24(18)21)27(39)35-28(2,3)4/h2*5-9,12,22-23H,10-11,13-15H2,1-4H3,(H,33,38)(H,35,39)/t22?,23-;/m0./s1. The van der Waals surface area contributed by atoms with Gasteiger partial charge in [-0.15, -0.1) is 26.3 Å². The van der Waals surface area contributed by atoms with E-state index < -0.39 is 23.8 Å². The first-order valence-corrected chi connectivity index (χ1v) is 26.8. The van der Waals surface area contributed by atoms with Crippen molar-refractivity contribution in [2.24, 2.45) is 11.8 Å². The van der Waals surface area contributed by atoms with Crippen molar-refractivity contribution in [3.05, 3.63) is 130 Å². The van der Waals surface area contributed by atoms with Gasteiger partial charge in [-0.1, -0.05) is 58.8 Å². The number of carbonyl (C=O) groups is 4. The van der Waals surface area contributed by atoms with Crippen LogP contribution in [0.15, 0.2) is 81.8 Å². The Balaban J connectivity index is 0.000000198. The van der Waals surface area contributed by atoms with Crippen LogP contribution in [0.5, 0.6) is 11.5 Å². The Morgan fingerprint density at radius 2 is 0.963 bits per heavy atom. The zero-order valence-corrected chi connectivity index (χ0v) is 46.5. The van der Waals surface area contributed by atoms with Crippen LogP contribution in [0, 0.1) is 25.7 Å². The Morgan fingerprint density at radius 1 is 0.573 bits per heavy atom. The molecule has 2 fully saturated rings. The lowest BCUT2D eigenvalue weighted by Gasteiger charge is -2.34. The molecule has 4 aliphatic rings. The van der Waals surface area contributed by atoms with E-state index in [0.29, 0.717) is 86.4 Å². The molecule has 2 aliphatic carbocycles. The number of halogens is 6. The number of ether oxygens (including phenoxy) is 2. The van der Waals surface area contributed by atoms with Crippen LogP contribution in [-0.4, -0.2) is 90.8 Å². The van der Waals surface area contributed by atoms with E-state index in [9.17, 15) is 45.5 Å². The van der Waals surface area contributed by atoms with Gasteiger partial charge in [0.25, 0.3) is 0 Å². The van der Waals surface area contributed by atoms with Gasteiger partial charge in [-0.05, 0) is 161 Å². The Morgan fingerprint density at radius 3 is 1.30 bits per heavy atom. The van der Waals surface area contributed by atoms with Crippen molar-refractivity contribution in [1.82, 2.24) is 51.3 Å². The molecule has 24 heteroatoms. The van der Waals surface area contributed by atoms with Crippen molar-refractivity contribution in [2.45, 2.75) is 143 Å². The highest BCUT2D eigenvalue weighted by Gasteiger charge is 2.49. The van der Waals surface area contributed by atoms with Gasteiger partial charge in [0.15, 0.2) is 11.6 Å². The number of amides is 6. The monoisotopic (exact) mass is 1140 g/mol. The number of hydrogen-bond acceptors (Lipinski definition) is 12. The normalized spacial score (nSPS) is 18.5. The first-order chi connectivity index (χ1) is 38.5. The number of alkyl halides is 6. The van der Waals surface area contributed by atoms with E-state index in [0.717, 1.165) is 44.5 Å². The third-order valence-corrected chi connectivity index (χ3v) is 14.2. The van der Waals surface area contributed by atoms with E-state index in [4.69, 9.17) is 9.05 Å². The molecule has 0 radical (unpaired) electrons. The second-order valence-corrected chi connectivity index (χ2v) is 23.0. The summed E-state index contributed by atoms with van der Waals surface area (Å²) in [6, 6.07) is 18.7. The van der Waals surface area contributed by atoms with Crippen LogP contribution < -0.4 is 30.7 Å². The fourth-order valence-electron chi connectivity index (χ4n) is 10.3. The summed E-state index contributed by atoms with van der Waals surface area (Å²) in [5.74, 6) is 0.383. The average Bonchev–Trinajstić information content (AvgIpc) is 4.42. The molecule has 4 aromatic carbocycles. The quantitative estimate of drug-likeness (QED) is 0.0842. The van der Waals surface area contributed by atoms with E-state index in [2.05, 4.69) is 51.0 Å². The lowest BCUT2D eigenvalue weighted by Crippen LogP contribution is -2.50. The minimum Gasteiger partial charge on any atom is -0.406 e. The van der Waals surface area contributed by atoms with Gasteiger partial charge in [0.05, 0.1) is 23.7 Å². The summed E-state index contributed by atoms with van der Waals surface area (Å²) < 4.78 is 95.8. The molecule has 3 unspecified atom stereocenters. The number of hydrogen-bond donors (Lipinski definition) is 4. The predicted molar refractivity (Wildman–Crippen MR) is 285 cm³/mol. The molecule has 0 saturated heterocycles. The van der Waals surface area contributed by atoms with Crippen LogP contribution in [0.4, 0.5) is 35.9 Å². The minimum absolute atomic E-state index is 0.102. The number of aromatic nitrogens is 4. The number of nitrogens with one attached hydrogen (secondary N) is 4. The molecule has 6 aromatic rings. The first kappa shape index (κ1) is 58.5. The molecule has 18 nitrogen and oxygen atoms in total. The first-order valence-electron chi connectivity index (χ1n) is 26.8. The number of aryl methyl sites for hydroxylation is 2. The van der Waals surface area contributed by atoms with Crippen LogP contribution in [0.25, 0.3) is 22.3 Å². The summed E-state index contributed by atoms with van der Waals surface area (Å²) >= 11 is 0. The Hall–Kier alpha value is -8.18. The van der Waals surface area contributed by atoms with Gasteiger partial charge in [0.2, 0.25) is 23.6 Å². The zero-order chi connectivity index (χ0) is 59.1. The number of fused-ring (bicyclic) bond motifs is 2. The summed E-state index contributed by atoms with van der Waals surface area (Å²) in [6.45, 7) is 16.8. The van der Waals surface area contributed by atoms with E-state index in [1.54, 1.807) is 35.8 Å². The number of nitrogens with zero attached hydrogens (tertiary/aromatic N) is 6. The molecule has 2 aliphatic heterocycles. The maximum Gasteiger partial charge on any atom is 0.573 e. The summed E-state index contributed by atoms with van der Waals surface area (Å²) in [5.41, 5.74) is 7.04. The van der Waals surface area contributed by atoms with Crippen molar-refractivity contribution in [3.63, 3.8) is 0 Å². The van der Waals surface area contributed by atoms with Gasteiger partial charge >= 0.3 is 24.8 Å². The van der Waals surface area contributed by atoms with Crippen LogP contribution in [0.3, 0.4) is 0 Å². The maximum atomic E-state index is 13.0. The molecular formula is C58H64F6N10O8. The van der Waals surface area contributed by atoms with Crippen molar-refractivity contribution in [1.29, 1.82) is 0 Å². The maximum absolute atomic E-state index is 13.0. The molecule has 0 bridgehead atoms. The van der Waals surface area contributed by atoms with Crippen molar-refractivity contribution < 1.29 is 64.0 Å². The molecule has 436 valence electrons. The van der Waals surface area contributed by atoms with Crippen molar-refractivity contribution in [2.75, 3.05) is 13.1 Å². The van der Waals surface area contributed by atoms with Crippen LogP contribution in [-0.2, 0) is 48.6 Å². The molecule has 82 heavy (non-hydrogen) atoms. The van der Waals surface area contributed by atoms with Gasteiger partial charge in [-0.2, -0.15) is 9.97 Å². The number of urea groups is 2. The minimum atomic E-state index is -4.80. The van der Waals surface area contributed by atoms with E-state index in [1.165, 1.54) is 36.4 Å².